The zero-order valence-electron chi connectivity index (χ0n) is 17.9. The summed E-state index contributed by atoms with van der Waals surface area (Å²) in [5, 5.41) is 0.738. The van der Waals surface area contributed by atoms with E-state index >= 15 is 0 Å². The summed E-state index contributed by atoms with van der Waals surface area (Å²) in [6.07, 6.45) is 0.839. The number of esters is 1. The zero-order chi connectivity index (χ0) is 22.8. The molecule has 0 aliphatic carbocycles. The number of hydrogen-bond acceptors (Lipinski definition) is 6. The van der Waals surface area contributed by atoms with Gasteiger partial charge in [-0.15, -0.1) is 0 Å². The SMILES string of the molecule is CCCC(NS(=O)(=O)c1ccc(C)cc1)C(=O)Oc1ccc2c(C)c(C)c(=O)oc2c1. The second-order valence-corrected chi connectivity index (χ2v) is 9.21. The first kappa shape index (κ1) is 22.7. The van der Waals surface area contributed by atoms with Gasteiger partial charge in [0.1, 0.15) is 17.4 Å². The van der Waals surface area contributed by atoms with Crippen LogP contribution < -0.4 is 15.1 Å². The van der Waals surface area contributed by atoms with Crippen LogP contribution in [0.3, 0.4) is 0 Å². The van der Waals surface area contributed by atoms with Crippen molar-refractivity contribution in [1.82, 2.24) is 4.72 Å². The minimum atomic E-state index is -3.90. The van der Waals surface area contributed by atoms with Crippen LogP contribution in [0.5, 0.6) is 5.75 Å². The van der Waals surface area contributed by atoms with Crippen LogP contribution in [0.15, 0.2) is 56.6 Å². The number of nitrogens with one attached hydrogen (secondary N) is 1. The predicted octanol–water partition coefficient (Wildman–Crippen LogP) is 3.77. The minimum absolute atomic E-state index is 0.0744. The van der Waals surface area contributed by atoms with Crippen molar-refractivity contribution in [2.45, 2.75) is 51.5 Å². The van der Waals surface area contributed by atoms with Crippen LogP contribution in [0.1, 0.15) is 36.5 Å². The van der Waals surface area contributed by atoms with Crippen molar-refractivity contribution >= 4 is 27.0 Å². The van der Waals surface area contributed by atoms with Crippen LogP contribution in [0.2, 0.25) is 0 Å². The lowest BCUT2D eigenvalue weighted by Gasteiger charge is -2.17. The van der Waals surface area contributed by atoms with Crippen LogP contribution in [0.4, 0.5) is 0 Å². The molecule has 1 aromatic heterocycles. The van der Waals surface area contributed by atoms with Crippen molar-refractivity contribution in [3.05, 3.63) is 69.6 Å². The lowest BCUT2D eigenvalue weighted by atomic mass is 10.1. The Balaban J connectivity index is 1.84. The fraction of sp³-hybridized carbons (Fsp3) is 0.304. The molecule has 0 fully saturated rings. The van der Waals surface area contributed by atoms with Gasteiger partial charge in [0, 0.05) is 17.0 Å². The molecular formula is C23H25NO6S. The van der Waals surface area contributed by atoms with Gasteiger partial charge in [-0.3, -0.25) is 0 Å². The Hall–Kier alpha value is -2.97. The number of fused-ring (bicyclic) bond motifs is 1. The maximum absolute atomic E-state index is 12.7. The van der Waals surface area contributed by atoms with Gasteiger partial charge in [0.05, 0.1) is 4.90 Å². The highest BCUT2D eigenvalue weighted by Crippen LogP contribution is 2.24. The highest BCUT2D eigenvalue weighted by atomic mass is 32.2. The van der Waals surface area contributed by atoms with E-state index < -0.39 is 27.7 Å². The Labute approximate surface area is 181 Å². The van der Waals surface area contributed by atoms with Crippen molar-refractivity contribution in [1.29, 1.82) is 0 Å². The van der Waals surface area contributed by atoms with E-state index in [2.05, 4.69) is 4.72 Å². The molecule has 3 aromatic rings. The molecule has 1 N–H and O–H groups in total. The van der Waals surface area contributed by atoms with E-state index in [4.69, 9.17) is 9.15 Å². The molecular weight excluding hydrogens is 418 g/mol. The molecule has 0 radical (unpaired) electrons. The summed E-state index contributed by atoms with van der Waals surface area (Å²) in [5.74, 6) is -0.567. The summed E-state index contributed by atoms with van der Waals surface area (Å²) in [4.78, 5) is 24.8. The van der Waals surface area contributed by atoms with Crippen molar-refractivity contribution in [3.8, 4) is 5.75 Å². The highest BCUT2D eigenvalue weighted by Gasteiger charge is 2.27. The molecule has 31 heavy (non-hydrogen) atoms. The number of aryl methyl sites for hydroxylation is 2. The van der Waals surface area contributed by atoms with Gasteiger partial charge in [0.25, 0.3) is 0 Å². The fourth-order valence-corrected chi connectivity index (χ4v) is 4.38. The summed E-state index contributed by atoms with van der Waals surface area (Å²) >= 11 is 0. The van der Waals surface area contributed by atoms with E-state index in [0.29, 0.717) is 17.6 Å². The van der Waals surface area contributed by atoms with Crippen LogP contribution in [0, 0.1) is 20.8 Å². The maximum Gasteiger partial charge on any atom is 0.339 e. The Kier molecular flexibility index (Phi) is 6.62. The van der Waals surface area contributed by atoms with E-state index in [0.717, 1.165) is 16.5 Å². The normalized spacial score (nSPS) is 12.6. The van der Waals surface area contributed by atoms with Crippen molar-refractivity contribution in [2.75, 3.05) is 0 Å². The van der Waals surface area contributed by atoms with Crippen molar-refractivity contribution < 1.29 is 22.4 Å². The largest absolute Gasteiger partial charge is 0.425 e. The quantitative estimate of drug-likeness (QED) is 0.339. The van der Waals surface area contributed by atoms with E-state index in [1.807, 2.05) is 20.8 Å². The first-order chi connectivity index (χ1) is 14.6. The molecule has 0 bridgehead atoms. The molecule has 8 heteroatoms. The van der Waals surface area contributed by atoms with Gasteiger partial charge in [-0.25, -0.2) is 18.0 Å². The van der Waals surface area contributed by atoms with E-state index in [9.17, 15) is 18.0 Å². The molecule has 1 unspecified atom stereocenters. The first-order valence-electron chi connectivity index (χ1n) is 9.97. The molecule has 2 aromatic carbocycles. The number of rotatable bonds is 7. The lowest BCUT2D eigenvalue weighted by Crippen LogP contribution is -2.42. The second kappa shape index (κ2) is 9.03. The Morgan fingerprint density at radius 2 is 1.74 bits per heavy atom. The molecule has 7 nitrogen and oxygen atoms in total. The van der Waals surface area contributed by atoms with Crippen LogP contribution >= 0.6 is 0 Å². The molecule has 0 amide bonds. The number of benzene rings is 2. The van der Waals surface area contributed by atoms with Gasteiger partial charge in [0.2, 0.25) is 10.0 Å². The van der Waals surface area contributed by atoms with Gasteiger partial charge in [-0.05, 0) is 57.0 Å². The number of carbonyl (C=O) groups excluding carboxylic acids is 1. The first-order valence-corrected chi connectivity index (χ1v) is 11.5. The van der Waals surface area contributed by atoms with Gasteiger partial charge in [-0.1, -0.05) is 31.0 Å². The van der Waals surface area contributed by atoms with Crippen LogP contribution in [0.25, 0.3) is 11.0 Å². The van der Waals surface area contributed by atoms with Crippen LogP contribution in [-0.2, 0) is 14.8 Å². The molecule has 0 aliphatic heterocycles. The lowest BCUT2D eigenvalue weighted by molar-refractivity contribution is -0.136. The van der Waals surface area contributed by atoms with Crippen molar-refractivity contribution in [2.24, 2.45) is 0 Å². The smallest absolute Gasteiger partial charge is 0.339 e. The summed E-state index contributed by atoms with van der Waals surface area (Å²) < 4.78 is 38.5. The molecule has 0 saturated carbocycles. The Morgan fingerprint density at radius 3 is 2.39 bits per heavy atom. The number of carbonyl (C=O) groups is 1. The van der Waals surface area contributed by atoms with Gasteiger partial charge in [-0.2, -0.15) is 4.72 Å². The average Bonchev–Trinajstić information content (AvgIpc) is 2.72. The number of sulfonamides is 1. The van der Waals surface area contributed by atoms with Crippen LogP contribution in [-0.4, -0.2) is 20.4 Å². The van der Waals surface area contributed by atoms with E-state index in [-0.39, 0.29) is 17.1 Å². The molecule has 1 heterocycles. The Morgan fingerprint density at radius 1 is 1.06 bits per heavy atom. The molecule has 0 aliphatic rings. The van der Waals surface area contributed by atoms with E-state index in [1.165, 1.54) is 18.2 Å². The minimum Gasteiger partial charge on any atom is -0.425 e. The molecule has 164 valence electrons. The summed E-state index contributed by atoms with van der Waals surface area (Å²) in [6.45, 7) is 7.20. The highest BCUT2D eigenvalue weighted by molar-refractivity contribution is 7.89. The number of hydrogen-bond donors (Lipinski definition) is 1. The van der Waals surface area contributed by atoms with Gasteiger partial charge in [0.15, 0.2) is 0 Å². The molecule has 1 atom stereocenters. The predicted molar refractivity (Wildman–Crippen MR) is 118 cm³/mol. The van der Waals surface area contributed by atoms with E-state index in [1.54, 1.807) is 31.2 Å². The summed E-state index contributed by atoms with van der Waals surface area (Å²) in [6, 6.07) is 10.0. The Bertz CT molecular complexity index is 1280. The monoisotopic (exact) mass is 443 g/mol. The molecule has 3 rings (SSSR count). The third kappa shape index (κ3) is 5.03. The summed E-state index contributed by atoms with van der Waals surface area (Å²) in [5.41, 5.74) is 2.08. The standard InChI is InChI=1S/C23H25NO6S/c1-5-6-20(24-31(27,28)18-10-7-14(2)8-11-18)23(26)29-17-9-12-19-15(3)16(4)22(25)30-21(19)13-17/h7-13,20,24H,5-6H2,1-4H3. The molecule has 0 spiro atoms. The third-order valence-corrected chi connectivity index (χ3v) is 6.63. The second-order valence-electron chi connectivity index (χ2n) is 7.49. The zero-order valence-corrected chi connectivity index (χ0v) is 18.7. The van der Waals surface area contributed by atoms with Gasteiger partial charge < -0.3 is 9.15 Å². The maximum atomic E-state index is 12.7. The third-order valence-electron chi connectivity index (χ3n) is 5.14. The number of ether oxygens (including phenoxy) is 1. The fourth-order valence-electron chi connectivity index (χ4n) is 3.17. The van der Waals surface area contributed by atoms with Gasteiger partial charge >= 0.3 is 11.6 Å². The average molecular weight is 444 g/mol. The topological polar surface area (TPSA) is 103 Å². The molecule has 0 saturated heterocycles. The summed E-state index contributed by atoms with van der Waals surface area (Å²) in [7, 11) is -3.90. The van der Waals surface area contributed by atoms with Crippen molar-refractivity contribution in [3.63, 3.8) is 0 Å².